The zero-order valence-corrected chi connectivity index (χ0v) is 11.3. The van der Waals surface area contributed by atoms with E-state index in [0.717, 1.165) is 6.54 Å². The minimum Gasteiger partial charge on any atom is -0.331 e. The fourth-order valence-corrected chi connectivity index (χ4v) is 3.56. The van der Waals surface area contributed by atoms with E-state index >= 15 is 0 Å². The molecule has 3 rings (SSSR count). The van der Waals surface area contributed by atoms with E-state index in [1.807, 2.05) is 0 Å². The number of hydrogen-bond donors (Lipinski definition) is 1. The third kappa shape index (κ3) is 2.61. The highest BCUT2D eigenvalue weighted by molar-refractivity contribution is 5.10. The fourth-order valence-electron chi connectivity index (χ4n) is 3.56. The lowest BCUT2D eigenvalue weighted by Crippen LogP contribution is -2.16. The summed E-state index contributed by atoms with van der Waals surface area (Å²) in [7, 11) is 0. The van der Waals surface area contributed by atoms with Crippen molar-refractivity contribution in [1.82, 2.24) is 14.9 Å². The van der Waals surface area contributed by atoms with Crippen LogP contribution in [0.2, 0.25) is 0 Å². The summed E-state index contributed by atoms with van der Waals surface area (Å²) in [6, 6.07) is 0.711. The van der Waals surface area contributed by atoms with Crippen molar-refractivity contribution >= 4 is 0 Å². The zero-order chi connectivity index (χ0) is 12.2. The SMILES string of the molecule is c1ncn(C2CCCCCCC2)c1C1CCNC1. The van der Waals surface area contributed by atoms with Crippen molar-refractivity contribution in [2.24, 2.45) is 0 Å². The van der Waals surface area contributed by atoms with Gasteiger partial charge in [-0.1, -0.05) is 32.1 Å². The van der Waals surface area contributed by atoms with Gasteiger partial charge in [0.25, 0.3) is 0 Å². The first-order valence-electron chi connectivity index (χ1n) is 7.67. The molecule has 0 radical (unpaired) electrons. The van der Waals surface area contributed by atoms with Crippen molar-refractivity contribution in [3.8, 4) is 0 Å². The van der Waals surface area contributed by atoms with Gasteiger partial charge in [-0.05, 0) is 25.8 Å². The van der Waals surface area contributed by atoms with E-state index in [1.165, 1.54) is 63.6 Å². The molecule has 1 aromatic heterocycles. The normalized spacial score (nSPS) is 27.0. The number of nitrogens with one attached hydrogen (secondary N) is 1. The Morgan fingerprint density at radius 1 is 1.06 bits per heavy atom. The number of nitrogens with zero attached hydrogens (tertiary/aromatic N) is 2. The van der Waals surface area contributed by atoms with Crippen LogP contribution < -0.4 is 5.32 Å². The Bertz CT molecular complexity index is 358. The molecular formula is C15H25N3. The second kappa shape index (κ2) is 5.87. The first kappa shape index (κ1) is 12.2. The van der Waals surface area contributed by atoms with Gasteiger partial charge in [0, 0.05) is 30.4 Å². The molecule has 2 fully saturated rings. The summed E-state index contributed by atoms with van der Waals surface area (Å²) in [6.45, 7) is 2.30. The lowest BCUT2D eigenvalue weighted by molar-refractivity contribution is 0.361. The first-order valence-corrected chi connectivity index (χ1v) is 7.67. The van der Waals surface area contributed by atoms with E-state index in [4.69, 9.17) is 0 Å². The largest absolute Gasteiger partial charge is 0.331 e. The lowest BCUT2D eigenvalue weighted by atomic mass is 9.95. The highest BCUT2D eigenvalue weighted by Crippen LogP contribution is 2.31. The molecule has 1 saturated heterocycles. The second-order valence-corrected chi connectivity index (χ2v) is 5.91. The van der Waals surface area contributed by atoms with Crippen LogP contribution in [0.15, 0.2) is 12.5 Å². The van der Waals surface area contributed by atoms with Crippen LogP contribution in [0.25, 0.3) is 0 Å². The Hall–Kier alpha value is -0.830. The smallest absolute Gasteiger partial charge is 0.0950 e. The van der Waals surface area contributed by atoms with Crippen LogP contribution in [0.4, 0.5) is 0 Å². The molecular weight excluding hydrogens is 222 g/mol. The van der Waals surface area contributed by atoms with Crippen molar-refractivity contribution in [2.45, 2.75) is 63.3 Å². The van der Waals surface area contributed by atoms with Gasteiger partial charge in [-0.15, -0.1) is 0 Å². The average Bonchev–Trinajstić information content (AvgIpc) is 2.98. The maximum atomic E-state index is 4.43. The van der Waals surface area contributed by atoms with Crippen LogP contribution in [0, 0.1) is 0 Å². The van der Waals surface area contributed by atoms with Gasteiger partial charge in [0.15, 0.2) is 0 Å². The Morgan fingerprint density at radius 3 is 2.56 bits per heavy atom. The van der Waals surface area contributed by atoms with Gasteiger partial charge in [-0.2, -0.15) is 0 Å². The maximum Gasteiger partial charge on any atom is 0.0950 e. The highest BCUT2D eigenvalue weighted by Gasteiger charge is 2.23. The molecule has 3 nitrogen and oxygen atoms in total. The standard InChI is InChI=1S/C15H25N3/c1-2-4-6-14(7-5-3-1)18-12-17-11-15(18)13-8-9-16-10-13/h11-14,16H,1-10H2. The topological polar surface area (TPSA) is 29.9 Å². The van der Waals surface area contributed by atoms with Crippen molar-refractivity contribution in [2.75, 3.05) is 13.1 Å². The average molecular weight is 247 g/mol. The lowest BCUT2D eigenvalue weighted by Gasteiger charge is -2.24. The summed E-state index contributed by atoms with van der Waals surface area (Å²) in [4.78, 5) is 4.43. The summed E-state index contributed by atoms with van der Waals surface area (Å²) in [5, 5.41) is 3.47. The number of rotatable bonds is 2. The van der Waals surface area contributed by atoms with Crippen molar-refractivity contribution in [3.05, 3.63) is 18.2 Å². The van der Waals surface area contributed by atoms with Gasteiger partial charge in [0.2, 0.25) is 0 Å². The van der Waals surface area contributed by atoms with Crippen molar-refractivity contribution in [1.29, 1.82) is 0 Å². The first-order chi connectivity index (χ1) is 8.95. The predicted molar refractivity (Wildman–Crippen MR) is 73.8 cm³/mol. The molecule has 0 aromatic carbocycles. The van der Waals surface area contributed by atoms with E-state index in [2.05, 4.69) is 27.4 Å². The van der Waals surface area contributed by atoms with E-state index in [0.29, 0.717) is 12.0 Å². The van der Waals surface area contributed by atoms with E-state index in [1.54, 1.807) is 0 Å². The predicted octanol–water partition coefficient (Wildman–Crippen LogP) is 3.25. The quantitative estimate of drug-likeness (QED) is 0.869. The molecule has 1 aromatic rings. The van der Waals surface area contributed by atoms with Crippen LogP contribution in [-0.2, 0) is 0 Å². The van der Waals surface area contributed by atoms with Crippen LogP contribution in [-0.4, -0.2) is 22.6 Å². The molecule has 0 bridgehead atoms. The zero-order valence-electron chi connectivity index (χ0n) is 11.3. The summed E-state index contributed by atoms with van der Waals surface area (Å²) in [5.74, 6) is 0.693. The van der Waals surface area contributed by atoms with E-state index in [-0.39, 0.29) is 0 Å². The summed E-state index contributed by atoms with van der Waals surface area (Å²) in [6.07, 6.45) is 15.2. The minimum atomic E-state index is 0.693. The summed E-state index contributed by atoms with van der Waals surface area (Å²) < 4.78 is 2.50. The highest BCUT2D eigenvalue weighted by atomic mass is 15.1. The Balaban J connectivity index is 1.75. The molecule has 18 heavy (non-hydrogen) atoms. The number of imidazole rings is 1. The minimum absolute atomic E-state index is 0.693. The van der Waals surface area contributed by atoms with Gasteiger partial charge in [-0.3, -0.25) is 0 Å². The Morgan fingerprint density at radius 2 is 1.83 bits per heavy atom. The molecule has 3 heteroatoms. The Kier molecular flexibility index (Phi) is 3.99. The molecule has 100 valence electrons. The summed E-state index contributed by atoms with van der Waals surface area (Å²) in [5.41, 5.74) is 1.48. The molecule has 1 N–H and O–H groups in total. The van der Waals surface area contributed by atoms with Crippen LogP contribution in [0.5, 0.6) is 0 Å². The van der Waals surface area contributed by atoms with Gasteiger partial charge in [0.1, 0.15) is 0 Å². The summed E-state index contributed by atoms with van der Waals surface area (Å²) >= 11 is 0. The molecule has 1 atom stereocenters. The van der Waals surface area contributed by atoms with E-state index in [9.17, 15) is 0 Å². The molecule has 2 aliphatic rings. The van der Waals surface area contributed by atoms with Gasteiger partial charge < -0.3 is 9.88 Å². The maximum absolute atomic E-state index is 4.43. The van der Waals surface area contributed by atoms with Gasteiger partial charge in [-0.25, -0.2) is 4.98 Å². The van der Waals surface area contributed by atoms with Crippen LogP contribution in [0.3, 0.4) is 0 Å². The van der Waals surface area contributed by atoms with E-state index < -0.39 is 0 Å². The fraction of sp³-hybridized carbons (Fsp3) is 0.800. The molecule has 1 unspecified atom stereocenters. The van der Waals surface area contributed by atoms with Gasteiger partial charge in [0.05, 0.1) is 6.33 Å². The molecule has 0 spiro atoms. The third-order valence-electron chi connectivity index (χ3n) is 4.64. The number of aromatic nitrogens is 2. The third-order valence-corrected chi connectivity index (χ3v) is 4.64. The molecule has 0 amide bonds. The molecule has 1 aliphatic carbocycles. The van der Waals surface area contributed by atoms with Gasteiger partial charge >= 0.3 is 0 Å². The second-order valence-electron chi connectivity index (χ2n) is 5.91. The molecule has 1 aliphatic heterocycles. The Labute approximate surface area is 110 Å². The molecule has 1 saturated carbocycles. The van der Waals surface area contributed by atoms with Crippen LogP contribution in [0.1, 0.15) is 69.0 Å². The van der Waals surface area contributed by atoms with Crippen molar-refractivity contribution in [3.63, 3.8) is 0 Å². The van der Waals surface area contributed by atoms with Crippen molar-refractivity contribution < 1.29 is 0 Å². The molecule has 2 heterocycles. The monoisotopic (exact) mass is 247 g/mol. The number of hydrogen-bond acceptors (Lipinski definition) is 2. The van der Waals surface area contributed by atoms with Crippen LogP contribution >= 0.6 is 0 Å².